The summed E-state index contributed by atoms with van der Waals surface area (Å²) in [6.07, 6.45) is -2.49. The molecule has 2 N–H and O–H groups in total. The molecule has 1 aromatic heterocycles. The van der Waals surface area contributed by atoms with Gasteiger partial charge in [0.05, 0.1) is 41.6 Å². The van der Waals surface area contributed by atoms with Crippen molar-refractivity contribution in [3.8, 4) is 17.6 Å². The number of aromatic nitrogens is 2. The van der Waals surface area contributed by atoms with Crippen LogP contribution < -0.4 is 10.1 Å². The number of nitrogens with zero attached hydrogens (tertiary/aromatic N) is 2. The van der Waals surface area contributed by atoms with Crippen LogP contribution in [-0.4, -0.2) is 55.1 Å². The number of carbonyl (C=O) groups is 1. The normalized spacial score (nSPS) is 11.7. The molecule has 174 valence electrons. The molecule has 0 spiro atoms. The standard InChI is InChI=1S/C21H18F3N3O5S/c1-32-18-10-14(33(2,30)31)5-6-16(18)25-7-3-4-13-8-15(20(28)29)19-17(9-13)27(12-26-19)11-21(22,23)24/h5-6,8-10,12,25H,7,11H2,1-2H3,(H,28,29). The monoisotopic (exact) mass is 481 g/mol. The summed E-state index contributed by atoms with van der Waals surface area (Å²) in [7, 11) is -2.03. The zero-order valence-corrected chi connectivity index (χ0v) is 18.2. The van der Waals surface area contributed by atoms with E-state index in [1.54, 1.807) is 0 Å². The first-order chi connectivity index (χ1) is 15.4. The Balaban J connectivity index is 1.87. The van der Waals surface area contributed by atoms with E-state index >= 15 is 0 Å². The molecule has 0 atom stereocenters. The third-order valence-corrected chi connectivity index (χ3v) is 5.62. The Labute approximate surface area is 186 Å². The fourth-order valence-electron chi connectivity index (χ4n) is 3.05. The molecule has 0 bridgehead atoms. The summed E-state index contributed by atoms with van der Waals surface area (Å²) < 4.78 is 67.8. The predicted molar refractivity (Wildman–Crippen MR) is 114 cm³/mol. The van der Waals surface area contributed by atoms with Gasteiger partial charge < -0.3 is 19.7 Å². The van der Waals surface area contributed by atoms with Gasteiger partial charge in [-0.3, -0.25) is 0 Å². The minimum absolute atomic E-state index is 0.00233. The van der Waals surface area contributed by atoms with Crippen molar-refractivity contribution in [2.24, 2.45) is 0 Å². The van der Waals surface area contributed by atoms with Crippen molar-refractivity contribution in [2.75, 3.05) is 25.2 Å². The molecular weight excluding hydrogens is 463 g/mol. The van der Waals surface area contributed by atoms with Crippen molar-refractivity contribution in [2.45, 2.75) is 17.6 Å². The molecule has 2 aromatic carbocycles. The van der Waals surface area contributed by atoms with E-state index in [0.717, 1.165) is 17.2 Å². The van der Waals surface area contributed by atoms with E-state index in [2.05, 4.69) is 22.1 Å². The molecular formula is C21H18F3N3O5S. The highest BCUT2D eigenvalue weighted by molar-refractivity contribution is 7.90. The number of carboxylic acid groups (broad SMARTS) is 1. The van der Waals surface area contributed by atoms with Gasteiger partial charge in [0.25, 0.3) is 0 Å². The van der Waals surface area contributed by atoms with Gasteiger partial charge >= 0.3 is 12.1 Å². The number of halogens is 3. The largest absolute Gasteiger partial charge is 0.495 e. The number of hydrogen-bond acceptors (Lipinski definition) is 6. The highest BCUT2D eigenvalue weighted by Crippen LogP contribution is 2.27. The smallest absolute Gasteiger partial charge is 0.406 e. The fourth-order valence-corrected chi connectivity index (χ4v) is 3.69. The lowest BCUT2D eigenvalue weighted by Gasteiger charge is -2.10. The number of rotatable bonds is 6. The molecule has 0 saturated carbocycles. The number of fused-ring (bicyclic) bond motifs is 1. The number of carboxylic acids is 1. The number of ether oxygens (including phenoxy) is 1. The molecule has 0 saturated heterocycles. The molecule has 1 heterocycles. The molecule has 0 aliphatic heterocycles. The van der Waals surface area contributed by atoms with Gasteiger partial charge in [-0.05, 0) is 24.3 Å². The van der Waals surface area contributed by atoms with E-state index in [1.165, 1.54) is 37.4 Å². The van der Waals surface area contributed by atoms with E-state index in [4.69, 9.17) is 4.74 Å². The van der Waals surface area contributed by atoms with Gasteiger partial charge in [0.1, 0.15) is 17.8 Å². The number of nitrogens with one attached hydrogen (secondary N) is 1. The van der Waals surface area contributed by atoms with Crippen molar-refractivity contribution in [3.63, 3.8) is 0 Å². The van der Waals surface area contributed by atoms with Crippen molar-refractivity contribution in [3.05, 3.63) is 47.8 Å². The third-order valence-electron chi connectivity index (χ3n) is 4.51. The van der Waals surface area contributed by atoms with E-state index in [9.17, 15) is 31.5 Å². The van der Waals surface area contributed by atoms with Crippen LogP contribution in [0.2, 0.25) is 0 Å². The first-order valence-corrected chi connectivity index (χ1v) is 11.2. The molecule has 0 unspecified atom stereocenters. The average molecular weight is 481 g/mol. The van der Waals surface area contributed by atoms with E-state index in [0.29, 0.717) is 5.69 Å². The minimum atomic E-state index is -4.51. The summed E-state index contributed by atoms with van der Waals surface area (Å²) in [4.78, 5) is 15.5. The van der Waals surface area contributed by atoms with E-state index in [-0.39, 0.29) is 39.4 Å². The number of methoxy groups -OCH3 is 1. The summed E-state index contributed by atoms with van der Waals surface area (Å²) in [5, 5.41) is 12.4. The quantitative estimate of drug-likeness (QED) is 0.521. The molecule has 8 nitrogen and oxygen atoms in total. The Bertz CT molecular complexity index is 1390. The van der Waals surface area contributed by atoms with Crippen molar-refractivity contribution >= 4 is 32.5 Å². The maximum absolute atomic E-state index is 12.8. The van der Waals surface area contributed by atoms with Gasteiger partial charge in [-0.15, -0.1) is 0 Å². The lowest BCUT2D eigenvalue weighted by atomic mass is 10.1. The molecule has 33 heavy (non-hydrogen) atoms. The Hall–Kier alpha value is -3.72. The second kappa shape index (κ2) is 9.03. The zero-order valence-electron chi connectivity index (χ0n) is 17.4. The second-order valence-electron chi connectivity index (χ2n) is 6.97. The van der Waals surface area contributed by atoms with Gasteiger partial charge in [-0.1, -0.05) is 11.8 Å². The van der Waals surface area contributed by atoms with Gasteiger partial charge in [0.2, 0.25) is 0 Å². The van der Waals surface area contributed by atoms with E-state index < -0.39 is 28.5 Å². The number of sulfone groups is 1. The number of anilines is 1. The van der Waals surface area contributed by atoms with Crippen LogP contribution in [0.3, 0.4) is 0 Å². The Morgan fingerprint density at radius 1 is 1.27 bits per heavy atom. The van der Waals surface area contributed by atoms with Gasteiger partial charge in [-0.2, -0.15) is 13.2 Å². The summed E-state index contributed by atoms with van der Waals surface area (Å²) in [5.74, 6) is 4.42. The molecule has 3 rings (SSSR count). The number of hydrogen-bond donors (Lipinski definition) is 2. The fraction of sp³-hybridized carbons (Fsp3) is 0.238. The van der Waals surface area contributed by atoms with Crippen LogP contribution in [0.25, 0.3) is 11.0 Å². The van der Waals surface area contributed by atoms with Gasteiger partial charge in [0, 0.05) is 17.9 Å². The summed E-state index contributed by atoms with van der Waals surface area (Å²) in [6, 6.07) is 6.86. The maximum Gasteiger partial charge on any atom is 0.406 e. The minimum Gasteiger partial charge on any atom is -0.495 e. The molecule has 0 aliphatic rings. The summed E-state index contributed by atoms with van der Waals surface area (Å²) in [6.45, 7) is -1.25. The van der Waals surface area contributed by atoms with Crippen LogP contribution in [0.5, 0.6) is 5.75 Å². The Kier molecular flexibility index (Phi) is 6.55. The van der Waals surface area contributed by atoms with Gasteiger partial charge in [0.15, 0.2) is 9.84 Å². The lowest BCUT2D eigenvalue weighted by Crippen LogP contribution is -2.17. The summed E-state index contributed by atoms with van der Waals surface area (Å²) >= 11 is 0. The van der Waals surface area contributed by atoms with Crippen LogP contribution in [-0.2, 0) is 16.4 Å². The van der Waals surface area contributed by atoms with Crippen LogP contribution in [0.1, 0.15) is 15.9 Å². The number of benzene rings is 2. The predicted octanol–water partition coefficient (Wildman–Crippen LogP) is 3.17. The van der Waals surface area contributed by atoms with Crippen LogP contribution >= 0.6 is 0 Å². The summed E-state index contributed by atoms with van der Waals surface area (Å²) in [5.41, 5.74) is 0.353. The molecule has 3 aromatic rings. The van der Waals surface area contributed by atoms with Crippen molar-refractivity contribution in [1.82, 2.24) is 9.55 Å². The van der Waals surface area contributed by atoms with E-state index in [1.807, 2.05) is 0 Å². The molecule has 0 amide bonds. The molecule has 0 aliphatic carbocycles. The van der Waals surface area contributed by atoms with Crippen molar-refractivity contribution in [1.29, 1.82) is 0 Å². The molecule has 12 heteroatoms. The van der Waals surface area contributed by atoms with Crippen molar-refractivity contribution < 1.29 is 36.2 Å². The Morgan fingerprint density at radius 2 is 2.00 bits per heavy atom. The van der Waals surface area contributed by atoms with Crippen LogP contribution in [0.15, 0.2) is 41.6 Å². The third kappa shape index (κ3) is 5.75. The van der Waals surface area contributed by atoms with Crippen LogP contribution in [0, 0.1) is 11.8 Å². The lowest BCUT2D eigenvalue weighted by molar-refractivity contribution is -0.139. The highest BCUT2D eigenvalue weighted by Gasteiger charge is 2.29. The average Bonchev–Trinajstić information content (AvgIpc) is 3.10. The molecule has 0 radical (unpaired) electrons. The zero-order chi connectivity index (χ0) is 24.4. The maximum atomic E-state index is 12.8. The van der Waals surface area contributed by atoms with Crippen LogP contribution in [0.4, 0.5) is 18.9 Å². The second-order valence-corrected chi connectivity index (χ2v) is 8.99. The Morgan fingerprint density at radius 3 is 2.61 bits per heavy atom. The number of aromatic carboxylic acids is 1. The molecule has 0 fully saturated rings. The number of imidazole rings is 1. The first-order valence-electron chi connectivity index (χ1n) is 9.29. The topological polar surface area (TPSA) is 111 Å². The van der Waals surface area contributed by atoms with Gasteiger partial charge in [-0.25, -0.2) is 18.2 Å². The highest BCUT2D eigenvalue weighted by atomic mass is 32.2. The SMILES string of the molecule is COc1cc(S(C)(=O)=O)ccc1NCC#Cc1cc(C(=O)O)c2ncn(CC(F)(F)F)c2c1. The first kappa shape index (κ1) is 23.9. The number of alkyl halides is 3.